The van der Waals surface area contributed by atoms with Gasteiger partial charge in [-0.05, 0) is 62.0 Å². The molecule has 1 atom stereocenters. The summed E-state index contributed by atoms with van der Waals surface area (Å²) in [5, 5.41) is 0. The van der Waals surface area contributed by atoms with E-state index in [0.29, 0.717) is 35.5 Å². The second-order valence-electron chi connectivity index (χ2n) is 10.7. The van der Waals surface area contributed by atoms with Gasteiger partial charge >= 0.3 is 0 Å². The van der Waals surface area contributed by atoms with Gasteiger partial charge in [-0.1, -0.05) is 37.5 Å². The fraction of sp³-hybridized carbons (Fsp3) is 0.704. The lowest BCUT2D eigenvalue weighted by Crippen LogP contribution is -2.48. The summed E-state index contributed by atoms with van der Waals surface area (Å²) in [5.41, 5.74) is 1.64. The summed E-state index contributed by atoms with van der Waals surface area (Å²) in [6, 6.07) is 10.5. The maximum atomic E-state index is 13.0. The van der Waals surface area contributed by atoms with Gasteiger partial charge < -0.3 is 14.7 Å². The molecule has 2 saturated heterocycles. The molecule has 174 valence electrons. The average molecular weight is 438 g/mol. The minimum atomic E-state index is 0.313. The van der Waals surface area contributed by atoms with Crippen LogP contribution in [0.3, 0.4) is 0 Å². The fourth-order valence-electron chi connectivity index (χ4n) is 6.51. The zero-order chi connectivity index (χ0) is 22.0. The van der Waals surface area contributed by atoms with Gasteiger partial charge in [0.25, 0.3) is 0 Å². The summed E-state index contributed by atoms with van der Waals surface area (Å²) in [4.78, 5) is 32.3. The molecule has 1 aromatic carbocycles. The van der Waals surface area contributed by atoms with Crippen LogP contribution in [0.2, 0.25) is 0 Å². The molecule has 5 nitrogen and oxygen atoms in total. The van der Waals surface area contributed by atoms with Crippen molar-refractivity contribution in [2.24, 2.45) is 17.3 Å². The summed E-state index contributed by atoms with van der Waals surface area (Å²) in [5.74, 6) is 1.68. The second-order valence-corrected chi connectivity index (χ2v) is 10.7. The summed E-state index contributed by atoms with van der Waals surface area (Å²) in [7, 11) is 0. The van der Waals surface area contributed by atoms with Gasteiger partial charge in [0.1, 0.15) is 0 Å². The zero-order valence-electron chi connectivity index (χ0n) is 19.5. The van der Waals surface area contributed by atoms with E-state index in [1.807, 2.05) is 6.07 Å². The molecule has 0 bridgehead atoms. The molecule has 2 aliphatic heterocycles. The third-order valence-corrected chi connectivity index (χ3v) is 8.78. The number of carbonyl (C=O) groups is 2. The number of hydrogen-bond acceptors (Lipinski definition) is 3. The quantitative estimate of drug-likeness (QED) is 0.689. The van der Waals surface area contributed by atoms with Crippen molar-refractivity contribution in [1.29, 1.82) is 0 Å². The molecule has 2 aliphatic carbocycles. The first kappa shape index (κ1) is 21.8. The van der Waals surface area contributed by atoms with E-state index in [1.165, 1.54) is 37.8 Å². The molecule has 5 heteroatoms. The van der Waals surface area contributed by atoms with Crippen LogP contribution in [0.25, 0.3) is 0 Å². The van der Waals surface area contributed by atoms with E-state index in [0.717, 1.165) is 65.0 Å². The maximum absolute atomic E-state index is 13.0. The topological polar surface area (TPSA) is 43.9 Å². The standard InChI is InChI=1S/C27H39N3O2/c31-25(29-19-17-28(18-20-29)23-7-3-1-4-8-23)10-9-22-11-15-30(16-12-22)26(32)24-21-27(24)13-5-2-6-14-27/h1,3-4,7-8,22,24H,2,5-6,9-21H2. The number of piperazine rings is 1. The highest BCUT2D eigenvalue weighted by Gasteiger charge is 2.58. The number of amides is 2. The van der Waals surface area contributed by atoms with Crippen LogP contribution in [0, 0.1) is 17.3 Å². The van der Waals surface area contributed by atoms with Crippen LogP contribution in [-0.2, 0) is 9.59 Å². The van der Waals surface area contributed by atoms with Gasteiger partial charge in [-0.25, -0.2) is 0 Å². The first-order valence-corrected chi connectivity index (χ1v) is 13.0. The SMILES string of the molecule is O=C(CCC1CCN(C(=O)C2CC23CCCCC3)CC1)N1CCN(c2ccccc2)CC1. The molecule has 1 spiro atoms. The maximum Gasteiger partial charge on any atom is 0.226 e. The molecule has 0 aromatic heterocycles. The van der Waals surface area contributed by atoms with Crippen molar-refractivity contribution in [2.45, 2.75) is 64.2 Å². The summed E-state index contributed by atoms with van der Waals surface area (Å²) in [6.07, 6.45) is 11.5. The number of carbonyl (C=O) groups excluding carboxylic acids is 2. The number of nitrogens with zero attached hydrogens (tertiary/aromatic N) is 3. The Kier molecular flexibility index (Phi) is 6.43. The van der Waals surface area contributed by atoms with Gasteiger partial charge in [0.2, 0.25) is 11.8 Å². The first-order chi connectivity index (χ1) is 15.6. The van der Waals surface area contributed by atoms with Crippen molar-refractivity contribution in [1.82, 2.24) is 9.80 Å². The van der Waals surface area contributed by atoms with E-state index in [2.05, 4.69) is 39.0 Å². The highest BCUT2D eigenvalue weighted by molar-refractivity contribution is 5.83. The Morgan fingerprint density at radius 3 is 2.22 bits per heavy atom. The van der Waals surface area contributed by atoms with E-state index in [9.17, 15) is 9.59 Å². The van der Waals surface area contributed by atoms with E-state index in [1.54, 1.807) is 0 Å². The normalized spacial score (nSPS) is 25.8. The Hall–Kier alpha value is -2.04. The van der Waals surface area contributed by atoms with Gasteiger partial charge in [0.05, 0.1) is 0 Å². The predicted octanol–water partition coefficient (Wildman–Crippen LogP) is 4.32. The van der Waals surface area contributed by atoms with Crippen LogP contribution >= 0.6 is 0 Å². The van der Waals surface area contributed by atoms with E-state index in [-0.39, 0.29) is 0 Å². The molecular weight excluding hydrogens is 398 g/mol. The Labute approximate surface area is 193 Å². The highest BCUT2D eigenvalue weighted by Crippen LogP contribution is 2.62. The smallest absolute Gasteiger partial charge is 0.226 e. The lowest BCUT2D eigenvalue weighted by molar-refractivity contribution is -0.136. The molecule has 4 fully saturated rings. The van der Waals surface area contributed by atoms with Gasteiger partial charge in [0, 0.05) is 57.3 Å². The third kappa shape index (κ3) is 4.67. The molecule has 2 heterocycles. The molecule has 0 N–H and O–H groups in total. The summed E-state index contributed by atoms with van der Waals surface area (Å²) < 4.78 is 0. The van der Waals surface area contributed by atoms with Crippen LogP contribution < -0.4 is 4.90 Å². The lowest BCUT2D eigenvalue weighted by atomic mass is 9.84. The molecule has 5 rings (SSSR count). The Morgan fingerprint density at radius 1 is 0.844 bits per heavy atom. The fourth-order valence-corrected chi connectivity index (χ4v) is 6.51. The average Bonchev–Trinajstić information content (AvgIpc) is 3.55. The van der Waals surface area contributed by atoms with Gasteiger partial charge in [0.15, 0.2) is 0 Å². The number of benzene rings is 1. The molecule has 0 radical (unpaired) electrons. The molecule has 1 unspecified atom stereocenters. The van der Waals surface area contributed by atoms with Crippen molar-refractivity contribution >= 4 is 17.5 Å². The third-order valence-electron chi connectivity index (χ3n) is 8.78. The van der Waals surface area contributed by atoms with E-state index in [4.69, 9.17) is 0 Å². The van der Waals surface area contributed by atoms with Crippen LogP contribution in [0.4, 0.5) is 5.69 Å². The van der Waals surface area contributed by atoms with Gasteiger partial charge in [-0.15, -0.1) is 0 Å². The van der Waals surface area contributed by atoms with Gasteiger partial charge in [-0.2, -0.15) is 0 Å². The molecule has 32 heavy (non-hydrogen) atoms. The molecule has 2 amide bonds. The minimum absolute atomic E-state index is 0.313. The van der Waals surface area contributed by atoms with Crippen molar-refractivity contribution in [3.8, 4) is 0 Å². The first-order valence-electron chi connectivity index (χ1n) is 13.0. The summed E-state index contributed by atoms with van der Waals surface area (Å²) in [6.45, 7) is 5.28. The van der Waals surface area contributed by atoms with Crippen LogP contribution in [-0.4, -0.2) is 60.9 Å². The van der Waals surface area contributed by atoms with Crippen LogP contribution in [0.5, 0.6) is 0 Å². The van der Waals surface area contributed by atoms with Gasteiger partial charge in [-0.3, -0.25) is 9.59 Å². The number of para-hydroxylation sites is 1. The zero-order valence-corrected chi connectivity index (χ0v) is 19.5. The number of piperidine rings is 1. The van der Waals surface area contributed by atoms with Crippen molar-refractivity contribution < 1.29 is 9.59 Å². The minimum Gasteiger partial charge on any atom is -0.368 e. The number of rotatable bonds is 5. The van der Waals surface area contributed by atoms with Crippen LogP contribution in [0.1, 0.15) is 64.2 Å². The highest BCUT2D eigenvalue weighted by atomic mass is 16.2. The molecule has 4 aliphatic rings. The Morgan fingerprint density at radius 2 is 1.53 bits per heavy atom. The van der Waals surface area contributed by atoms with E-state index < -0.39 is 0 Å². The van der Waals surface area contributed by atoms with Crippen molar-refractivity contribution in [3.63, 3.8) is 0 Å². The monoisotopic (exact) mass is 437 g/mol. The Bertz CT molecular complexity index is 788. The second kappa shape index (κ2) is 9.44. The van der Waals surface area contributed by atoms with Crippen molar-refractivity contribution in [3.05, 3.63) is 30.3 Å². The summed E-state index contributed by atoms with van der Waals surface area (Å²) >= 11 is 0. The number of anilines is 1. The Balaban J connectivity index is 1.01. The number of hydrogen-bond donors (Lipinski definition) is 0. The van der Waals surface area contributed by atoms with E-state index >= 15 is 0 Å². The lowest BCUT2D eigenvalue weighted by Gasteiger charge is -2.37. The number of likely N-dealkylation sites (tertiary alicyclic amines) is 1. The van der Waals surface area contributed by atoms with Crippen LogP contribution in [0.15, 0.2) is 30.3 Å². The largest absolute Gasteiger partial charge is 0.368 e. The van der Waals surface area contributed by atoms with Crippen molar-refractivity contribution in [2.75, 3.05) is 44.2 Å². The molecular formula is C27H39N3O2. The predicted molar refractivity (Wildman–Crippen MR) is 127 cm³/mol. The molecule has 2 saturated carbocycles. The molecule has 1 aromatic rings.